The Bertz CT molecular complexity index is 3050. The van der Waals surface area contributed by atoms with E-state index in [2.05, 4.69) is 58.8 Å². The number of hydrogen-bond acceptors (Lipinski definition) is 19. The van der Waals surface area contributed by atoms with E-state index in [1.807, 2.05) is 124 Å². The number of nitrogen functional groups attached to an aromatic ring is 3. The monoisotopic (exact) mass is 1650 g/mol. The lowest BCUT2D eigenvalue weighted by Gasteiger charge is -2.32. The van der Waals surface area contributed by atoms with Crippen LogP contribution in [-0.2, 0) is 23.5 Å². The molecule has 3 saturated heterocycles. The number of carbonyl (C=O) groups is 2. The zero-order valence-electron chi connectivity index (χ0n) is 59.4. The van der Waals surface area contributed by atoms with Crippen LogP contribution in [0.4, 0.5) is 80.8 Å². The molecule has 0 bridgehead atoms. The summed E-state index contributed by atoms with van der Waals surface area (Å²) in [6.45, 7) is 30.9. The van der Waals surface area contributed by atoms with Crippen molar-refractivity contribution in [3.05, 3.63) is 97.0 Å². The molecule has 8 rings (SSSR count). The number of nitrogens with two attached hydrogens (primary N) is 4. The number of hydrogen-bond donors (Lipinski definition) is 11. The third kappa shape index (κ3) is 37.9. The molecular weight excluding hydrogens is 1540 g/mol. The molecule has 0 saturated carbocycles. The number of benzene rings is 2. The number of aliphatic hydroxyl groups is 3. The van der Waals surface area contributed by atoms with Gasteiger partial charge in [-0.2, -0.15) is 30.7 Å². The number of likely N-dealkylation sites (tertiary alicyclic amines) is 2. The van der Waals surface area contributed by atoms with Crippen LogP contribution >= 0.6 is 45.2 Å². The third-order valence-electron chi connectivity index (χ3n) is 14.6. The molecule has 23 nitrogen and oxygen atoms in total. The molecular formula is C67H105BF7I2N13O10. The van der Waals surface area contributed by atoms with Crippen LogP contribution in [-0.4, -0.2) is 188 Å². The second kappa shape index (κ2) is 48.1. The normalized spacial score (nSPS) is 15.5. The predicted octanol–water partition coefficient (Wildman–Crippen LogP) is 12.1. The molecule has 2 aromatic carbocycles. The fraction of sp³-hybridized carbons (Fsp3) is 0.567. The Morgan fingerprint density at radius 2 is 0.990 bits per heavy atom. The molecule has 0 radical (unpaired) electrons. The van der Waals surface area contributed by atoms with E-state index in [-0.39, 0.29) is 38.7 Å². The molecule has 564 valence electrons. The Balaban J connectivity index is 0.000000654. The Hall–Kier alpha value is -5.90. The molecule has 3 fully saturated rings. The molecule has 3 aromatic heterocycles. The average Bonchev–Trinajstić information content (AvgIpc) is 1.61. The lowest BCUT2D eigenvalue weighted by molar-refractivity contribution is -0.144. The minimum Gasteiger partial charge on any atom is -0.399 e. The van der Waals surface area contributed by atoms with Gasteiger partial charge in [0.1, 0.15) is 29.1 Å². The quantitative estimate of drug-likeness (QED) is 0.0158. The van der Waals surface area contributed by atoms with E-state index in [0.29, 0.717) is 80.2 Å². The maximum atomic E-state index is 12.6. The summed E-state index contributed by atoms with van der Waals surface area (Å²) in [6, 6.07) is 20.1. The molecule has 100 heavy (non-hydrogen) atoms. The van der Waals surface area contributed by atoms with E-state index in [1.165, 1.54) is 15.9 Å². The Labute approximate surface area is 612 Å². The smallest absolute Gasteiger partial charge is 0.399 e. The first kappa shape index (κ1) is 92.1. The number of rotatable bonds is 19. The van der Waals surface area contributed by atoms with Gasteiger partial charge in [0, 0.05) is 123 Å². The fourth-order valence-corrected chi connectivity index (χ4v) is 10.4. The van der Waals surface area contributed by atoms with Gasteiger partial charge in [-0.15, -0.1) is 0 Å². The van der Waals surface area contributed by atoms with E-state index in [0.717, 1.165) is 74.5 Å². The van der Waals surface area contributed by atoms with Gasteiger partial charge in [-0.3, -0.25) is 0 Å². The first-order chi connectivity index (χ1) is 47.0. The summed E-state index contributed by atoms with van der Waals surface area (Å²) in [6.07, 6.45) is -9.45. The molecule has 2 atom stereocenters. The third-order valence-corrected chi connectivity index (χ3v) is 15.9. The van der Waals surface area contributed by atoms with Crippen LogP contribution < -0.4 is 49.7 Å². The SMILES string of the molecule is CCOCC.CCOCC.CCOCC.Cc1ccc(NC(=O)N2CC[C@@H](CC(F)(F)F)C2)cc1-c1cc(N)nc(NCCO)c1.Cc1ccc(NC(=O)N2CC[C@@H](CC(F)(F)F)C2)cc1B1OC(C)(C)C(C)(C)O1.NCCO.Nc1cc(I)cc(F)n1.Nc1cc(I)cc(NCCO)n1. The summed E-state index contributed by atoms with van der Waals surface area (Å²) in [5.74, 6) is 0.600. The predicted molar refractivity (Wildman–Crippen MR) is 401 cm³/mol. The number of alkyl halides is 6. The topological polar surface area (TPSA) is 338 Å². The Morgan fingerprint density at radius 3 is 1.36 bits per heavy atom. The summed E-state index contributed by atoms with van der Waals surface area (Å²) in [4.78, 5) is 39.5. The van der Waals surface area contributed by atoms with Crippen molar-refractivity contribution in [2.45, 2.75) is 132 Å². The summed E-state index contributed by atoms with van der Waals surface area (Å²) >= 11 is 4.13. The Kier molecular flexibility index (Phi) is 44.3. The molecule has 0 spiro atoms. The number of aromatic nitrogens is 3. The molecule has 3 aliphatic rings. The number of amides is 4. The summed E-state index contributed by atoms with van der Waals surface area (Å²) in [5, 5.41) is 36.8. The molecule has 0 unspecified atom stereocenters. The van der Waals surface area contributed by atoms with Crippen LogP contribution in [0.5, 0.6) is 0 Å². The maximum Gasteiger partial charge on any atom is 0.495 e. The van der Waals surface area contributed by atoms with Crippen LogP contribution in [0.3, 0.4) is 0 Å². The van der Waals surface area contributed by atoms with Crippen molar-refractivity contribution < 1.29 is 79.2 Å². The van der Waals surface area contributed by atoms with E-state index < -0.39 is 73.4 Å². The number of pyridine rings is 3. The van der Waals surface area contributed by atoms with Crippen molar-refractivity contribution in [2.75, 3.05) is 144 Å². The second-order valence-corrected chi connectivity index (χ2v) is 25.8. The lowest BCUT2D eigenvalue weighted by atomic mass is 9.76. The van der Waals surface area contributed by atoms with Gasteiger partial charge in [-0.05, 0) is 230 Å². The van der Waals surface area contributed by atoms with Crippen molar-refractivity contribution in [1.29, 1.82) is 0 Å². The number of aryl methyl sites for hydroxylation is 2. The Morgan fingerprint density at radius 1 is 0.600 bits per heavy atom. The summed E-state index contributed by atoms with van der Waals surface area (Å²) < 4.78 is 116. The highest BCUT2D eigenvalue weighted by atomic mass is 127. The van der Waals surface area contributed by atoms with Crippen molar-refractivity contribution in [1.82, 2.24) is 24.8 Å². The highest BCUT2D eigenvalue weighted by Crippen LogP contribution is 2.38. The number of halogens is 9. The highest BCUT2D eigenvalue weighted by molar-refractivity contribution is 14.1. The van der Waals surface area contributed by atoms with Crippen LogP contribution in [0, 0.1) is 38.8 Å². The molecule has 3 aliphatic heterocycles. The van der Waals surface area contributed by atoms with Crippen LogP contribution in [0.25, 0.3) is 11.1 Å². The zero-order chi connectivity index (χ0) is 75.8. The van der Waals surface area contributed by atoms with E-state index in [4.69, 9.17) is 61.8 Å². The van der Waals surface area contributed by atoms with Gasteiger partial charge in [-0.1, -0.05) is 17.7 Å². The fourth-order valence-electron chi connectivity index (χ4n) is 9.25. The maximum absolute atomic E-state index is 12.6. The number of aliphatic hydroxyl groups excluding tert-OH is 3. The number of anilines is 7. The molecule has 33 heteroatoms. The highest BCUT2D eigenvalue weighted by Gasteiger charge is 2.52. The number of nitrogens with zero attached hydrogens (tertiary/aromatic N) is 5. The van der Waals surface area contributed by atoms with Crippen molar-refractivity contribution in [2.24, 2.45) is 17.6 Å². The van der Waals surface area contributed by atoms with Gasteiger partial charge in [-0.25, -0.2) is 24.5 Å². The number of urea groups is 2. The standard InChI is InChI=1S/C21H26F3N5O2.C20H28BF3N2O3.C7H10IN3O.C5H4FIN2.3C4H10O.C2H7NO/c1-13-2-3-16(27-20(31)29-6-4-14(12-29)11-21(22,23)24)10-17(13)15-8-18(25)28-19(9-15)26-5-7-30;1-13-6-7-15(10-16(13)21-28-18(2,3)19(4,5)29-21)25-17(27)26-9-8-14(12-26)11-20(22,23)24;8-5-3-6(9)11-7(4-5)10-1-2-12;6-4-1-3(7)2-5(8)9-4;3*1-3-5-4-2;3-1-2-4/h2-3,8-10,14,30H,4-7,11-12H2,1H3,(H,27,31)(H3,25,26,28);6-7,10,14H,8-9,11-12H2,1-5H3,(H,25,27);3-4,12H,1-2H2,(H3,9,10,11);1-2H,(H2,8,9);3*3-4H2,1-2H3;4H,1-3H2/t2*14-;;;;;;/m00....../s1. The van der Waals surface area contributed by atoms with Gasteiger partial charge >= 0.3 is 31.5 Å². The average molecular weight is 1650 g/mol. The minimum atomic E-state index is -4.22. The van der Waals surface area contributed by atoms with Crippen LogP contribution in [0.2, 0.25) is 0 Å². The van der Waals surface area contributed by atoms with Crippen molar-refractivity contribution in [3.63, 3.8) is 0 Å². The molecule has 4 amide bonds. The van der Waals surface area contributed by atoms with Crippen molar-refractivity contribution >= 4 is 110 Å². The first-order valence-electron chi connectivity index (χ1n) is 32.8. The van der Waals surface area contributed by atoms with Gasteiger partial charge in [0.15, 0.2) is 0 Å². The van der Waals surface area contributed by atoms with Gasteiger partial charge in [0.25, 0.3) is 0 Å². The molecule has 5 aromatic rings. The summed E-state index contributed by atoms with van der Waals surface area (Å²) in [5.41, 5.74) is 25.9. The molecule has 6 heterocycles. The molecule has 15 N–H and O–H groups in total. The van der Waals surface area contributed by atoms with Crippen molar-refractivity contribution in [3.8, 4) is 11.1 Å². The van der Waals surface area contributed by atoms with Gasteiger partial charge in [0.05, 0.1) is 31.0 Å². The lowest BCUT2D eigenvalue weighted by Crippen LogP contribution is -2.41. The first-order valence-corrected chi connectivity index (χ1v) is 35.0. The van der Waals surface area contributed by atoms with E-state index >= 15 is 0 Å². The zero-order valence-corrected chi connectivity index (χ0v) is 63.8. The van der Waals surface area contributed by atoms with Crippen LogP contribution in [0.1, 0.15) is 106 Å². The number of carbonyl (C=O) groups excluding carboxylic acids is 2. The van der Waals surface area contributed by atoms with Crippen LogP contribution in [0.15, 0.2) is 72.8 Å². The number of nitrogens with one attached hydrogen (secondary N) is 4. The minimum absolute atomic E-state index is 0.0489. The molecule has 0 aliphatic carbocycles. The van der Waals surface area contributed by atoms with E-state index in [1.54, 1.807) is 48.5 Å². The largest absolute Gasteiger partial charge is 0.495 e. The second-order valence-electron chi connectivity index (χ2n) is 23.3. The summed E-state index contributed by atoms with van der Waals surface area (Å²) in [7, 11) is -0.556. The van der Waals surface area contributed by atoms with Gasteiger partial charge in [0.2, 0.25) is 5.95 Å². The van der Waals surface area contributed by atoms with Gasteiger partial charge < -0.3 is 92.8 Å². The number of ether oxygens (including phenoxy) is 3. The van der Waals surface area contributed by atoms with E-state index in [9.17, 15) is 40.3 Å².